The molecule has 1 fully saturated rings. The van der Waals surface area contributed by atoms with Gasteiger partial charge in [0.2, 0.25) is 0 Å². The normalized spacial score (nSPS) is 14.8. The second-order valence-electron chi connectivity index (χ2n) is 8.89. The van der Waals surface area contributed by atoms with Gasteiger partial charge in [0.1, 0.15) is 6.17 Å². The first-order chi connectivity index (χ1) is 17.0. The van der Waals surface area contributed by atoms with Crippen molar-refractivity contribution >= 4 is 28.5 Å². The van der Waals surface area contributed by atoms with E-state index in [2.05, 4.69) is 10.3 Å². The van der Waals surface area contributed by atoms with E-state index >= 15 is 4.39 Å². The number of hydrogen-bond acceptors (Lipinski definition) is 4. The number of carbonyl (C=O) groups excluding carboxylic acids is 2. The molecular formula is C29H25FN2O3. The molecule has 1 unspecified atom stereocenters. The van der Waals surface area contributed by atoms with E-state index in [4.69, 9.17) is 4.74 Å². The van der Waals surface area contributed by atoms with Crippen LogP contribution in [0.15, 0.2) is 85.1 Å². The highest BCUT2D eigenvalue weighted by atomic mass is 19.1. The number of methoxy groups -OCH3 is 1. The minimum atomic E-state index is -1.36. The molecule has 0 saturated heterocycles. The molecule has 1 heterocycles. The molecule has 0 aliphatic heterocycles. The predicted molar refractivity (Wildman–Crippen MR) is 133 cm³/mol. The van der Waals surface area contributed by atoms with E-state index in [-0.39, 0.29) is 18.3 Å². The predicted octanol–water partition coefficient (Wildman–Crippen LogP) is 5.95. The molecule has 1 amide bonds. The number of anilines is 1. The van der Waals surface area contributed by atoms with Crippen molar-refractivity contribution in [2.45, 2.75) is 30.8 Å². The molecule has 1 aliphatic carbocycles. The van der Waals surface area contributed by atoms with Gasteiger partial charge in [0, 0.05) is 29.3 Å². The number of hydrogen-bond donors (Lipinski definition) is 1. The number of aromatic nitrogens is 1. The number of fused-ring (bicyclic) bond motifs is 1. The van der Waals surface area contributed by atoms with Gasteiger partial charge in [-0.2, -0.15) is 0 Å². The molecule has 1 aromatic heterocycles. The first kappa shape index (κ1) is 22.7. The van der Waals surface area contributed by atoms with Gasteiger partial charge in [0.25, 0.3) is 5.91 Å². The number of nitrogens with one attached hydrogen (secondary N) is 1. The van der Waals surface area contributed by atoms with Gasteiger partial charge in [0.15, 0.2) is 0 Å². The van der Waals surface area contributed by atoms with Gasteiger partial charge in [-0.25, -0.2) is 4.39 Å². The van der Waals surface area contributed by atoms with Gasteiger partial charge in [0.05, 0.1) is 18.0 Å². The summed E-state index contributed by atoms with van der Waals surface area (Å²) in [7, 11) is 1.40. The zero-order chi connectivity index (χ0) is 24.4. The van der Waals surface area contributed by atoms with Crippen molar-refractivity contribution in [1.82, 2.24) is 4.98 Å². The maximum absolute atomic E-state index is 15.5. The molecule has 1 aliphatic rings. The first-order valence-corrected chi connectivity index (χ1v) is 11.6. The largest absolute Gasteiger partial charge is 0.468 e. The Bertz CT molecular complexity index is 1400. The van der Waals surface area contributed by atoms with Crippen LogP contribution in [0.25, 0.3) is 10.9 Å². The molecule has 5 rings (SSSR count). The number of nitrogens with zero attached hydrogens (tertiary/aromatic N) is 1. The minimum Gasteiger partial charge on any atom is -0.468 e. The monoisotopic (exact) mass is 468 g/mol. The van der Waals surface area contributed by atoms with E-state index < -0.39 is 11.6 Å². The van der Waals surface area contributed by atoms with Crippen LogP contribution in [0.3, 0.4) is 0 Å². The third-order valence-electron chi connectivity index (χ3n) is 6.65. The molecule has 1 saturated carbocycles. The highest BCUT2D eigenvalue weighted by Crippen LogP contribution is 2.49. The van der Waals surface area contributed by atoms with Crippen LogP contribution < -0.4 is 5.32 Å². The Hall–Kier alpha value is -4.06. The van der Waals surface area contributed by atoms with Crippen LogP contribution in [0.5, 0.6) is 0 Å². The lowest BCUT2D eigenvalue weighted by molar-refractivity contribution is -0.143. The molecule has 35 heavy (non-hydrogen) atoms. The SMILES string of the molecule is COC(=O)C1(c2ccc(CC(F)c3ccccc3C(=O)Nc3ccc4cccnc4c3)cc2)CC1. The van der Waals surface area contributed by atoms with Crippen LogP contribution in [-0.2, 0) is 21.4 Å². The minimum absolute atomic E-state index is 0.121. The Kier molecular flexibility index (Phi) is 6.03. The number of rotatable bonds is 7. The lowest BCUT2D eigenvalue weighted by atomic mass is 9.93. The average Bonchev–Trinajstić information content (AvgIpc) is 3.70. The van der Waals surface area contributed by atoms with Crippen LogP contribution in [0, 0.1) is 0 Å². The standard InChI is InChI=1S/C29H25FN2O3/c1-35-28(34)29(14-15-29)21-11-8-19(9-12-21)17-25(30)23-6-2-3-7-24(23)27(33)32-22-13-10-20-5-4-16-31-26(20)18-22/h2-13,16,18,25H,14-15,17H2,1H3,(H,32,33). The van der Waals surface area contributed by atoms with E-state index in [0.717, 1.165) is 34.9 Å². The summed E-state index contributed by atoms with van der Waals surface area (Å²) in [5.41, 5.74) is 3.13. The smallest absolute Gasteiger partial charge is 0.316 e. The zero-order valence-corrected chi connectivity index (χ0v) is 19.3. The third-order valence-corrected chi connectivity index (χ3v) is 6.65. The Labute approximate surface area is 203 Å². The van der Waals surface area contributed by atoms with E-state index in [1.807, 2.05) is 42.5 Å². The first-order valence-electron chi connectivity index (χ1n) is 11.6. The summed E-state index contributed by atoms with van der Waals surface area (Å²) in [5, 5.41) is 3.84. The van der Waals surface area contributed by atoms with Crippen LogP contribution in [0.4, 0.5) is 10.1 Å². The summed E-state index contributed by atoms with van der Waals surface area (Å²) < 4.78 is 20.4. The van der Waals surface area contributed by atoms with Gasteiger partial charge in [-0.05, 0) is 53.8 Å². The van der Waals surface area contributed by atoms with Crippen molar-refractivity contribution in [3.8, 4) is 0 Å². The fraction of sp³-hybridized carbons (Fsp3) is 0.207. The summed E-state index contributed by atoms with van der Waals surface area (Å²) in [6.07, 6.45) is 1.98. The van der Waals surface area contributed by atoms with Crippen molar-refractivity contribution in [3.63, 3.8) is 0 Å². The number of ether oxygens (including phenoxy) is 1. The molecule has 0 radical (unpaired) electrons. The van der Waals surface area contributed by atoms with Gasteiger partial charge in [-0.15, -0.1) is 0 Å². The highest BCUT2D eigenvalue weighted by molar-refractivity contribution is 6.06. The average molecular weight is 469 g/mol. The molecule has 1 atom stereocenters. The molecule has 6 heteroatoms. The molecule has 0 spiro atoms. The number of pyridine rings is 1. The van der Waals surface area contributed by atoms with Crippen molar-refractivity contribution in [2.75, 3.05) is 12.4 Å². The van der Waals surface area contributed by atoms with Crippen LogP contribution in [0.2, 0.25) is 0 Å². The molecule has 0 bridgehead atoms. The van der Waals surface area contributed by atoms with Crippen molar-refractivity contribution in [2.24, 2.45) is 0 Å². The summed E-state index contributed by atoms with van der Waals surface area (Å²) in [6, 6.07) is 23.5. The van der Waals surface area contributed by atoms with E-state index in [1.165, 1.54) is 7.11 Å². The molecule has 5 nitrogen and oxygen atoms in total. The van der Waals surface area contributed by atoms with Gasteiger partial charge < -0.3 is 10.1 Å². The molecule has 176 valence electrons. The van der Waals surface area contributed by atoms with Gasteiger partial charge in [-0.3, -0.25) is 14.6 Å². The van der Waals surface area contributed by atoms with Crippen molar-refractivity contribution in [3.05, 3.63) is 107 Å². The Morgan fingerprint density at radius 3 is 2.54 bits per heavy atom. The van der Waals surface area contributed by atoms with E-state index in [9.17, 15) is 9.59 Å². The summed E-state index contributed by atoms with van der Waals surface area (Å²) in [5.74, 6) is -0.599. The Balaban J connectivity index is 1.31. The van der Waals surface area contributed by atoms with Crippen LogP contribution >= 0.6 is 0 Å². The van der Waals surface area contributed by atoms with Crippen molar-refractivity contribution in [1.29, 1.82) is 0 Å². The van der Waals surface area contributed by atoms with E-state index in [1.54, 1.807) is 42.6 Å². The number of amides is 1. The van der Waals surface area contributed by atoms with E-state index in [0.29, 0.717) is 16.8 Å². The Morgan fingerprint density at radius 2 is 1.80 bits per heavy atom. The number of alkyl halides is 1. The third kappa shape index (κ3) is 4.52. The summed E-state index contributed by atoms with van der Waals surface area (Å²) in [4.78, 5) is 29.5. The molecular weight excluding hydrogens is 443 g/mol. The summed E-state index contributed by atoms with van der Waals surface area (Å²) in [6.45, 7) is 0. The number of halogens is 1. The van der Waals surface area contributed by atoms with Crippen molar-refractivity contribution < 1.29 is 18.7 Å². The van der Waals surface area contributed by atoms with Crippen LogP contribution in [-0.4, -0.2) is 24.0 Å². The highest BCUT2D eigenvalue weighted by Gasteiger charge is 2.52. The molecule has 4 aromatic rings. The Morgan fingerprint density at radius 1 is 1.03 bits per heavy atom. The lowest BCUT2D eigenvalue weighted by Crippen LogP contribution is -2.21. The fourth-order valence-corrected chi connectivity index (χ4v) is 4.53. The van der Waals surface area contributed by atoms with Gasteiger partial charge >= 0.3 is 5.97 Å². The fourth-order valence-electron chi connectivity index (χ4n) is 4.53. The number of benzene rings is 3. The second kappa shape index (κ2) is 9.29. The molecule has 3 aromatic carbocycles. The second-order valence-corrected chi connectivity index (χ2v) is 8.89. The van der Waals surface area contributed by atoms with Crippen LogP contribution in [0.1, 0.15) is 46.1 Å². The maximum atomic E-state index is 15.5. The zero-order valence-electron chi connectivity index (χ0n) is 19.3. The quantitative estimate of drug-likeness (QED) is 0.341. The molecule has 1 N–H and O–H groups in total. The van der Waals surface area contributed by atoms with Gasteiger partial charge in [-0.1, -0.05) is 54.6 Å². The summed E-state index contributed by atoms with van der Waals surface area (Å²) >= 11 is 0. The lowest BCUT2D eigenvalue weighted by Gasteiger charge is -2.16. The number of esters is 1. The number of carbonyl (C=O) groups is 2. The maximum Gasteiger partial charge on any atom is 0.316 e. The topological polar surface area (TPSA) is 68.3 Å².